The molecule has 0 aliphatic carbocycles. The smallest absolute Gasteiger partial charge is 0.264 e. The van der Waals surface area contributed by atoms with Gasteiger partial charge in [-0.15, -0.1) is 0 Å². The molecule has 7 nitrogen and oxygen atoms in total. The summed E-state index contributed by atoms with van der Waals surface area (Å²) in [5.74, 6) is 0.468. The Bertz CT molecular complexity index is 1140. The van der Waals surface area contributed by atoms with Crippen LogP contribution < -0.4 is 20.3 Å². The number of rotatable bonds is 11. The van der Waals surface area contributed by atoms with Crippen LogP contribution in [0.25, 0.3) is 0 Å². The van der Waals surface area contributed by atoms with E-state index in [0.29, 0.717) is 34.6 Å². The minimum Gasteiger partial charge on any atom is -0.370 e. The van der Waals surface area contributed by atoms with Crippen molar-refractivity contribution in [2.75, 3.05) is 47.2 Å². The van der Waals surface area contributed by atoms with Crippen LogP contribution >= 0.6 is 23.2 Å². The van der Waals surface area contributed by atoms with Gasteiger partial charge in [0, 0.05) is 54.7 Å². The SMILES string of the molecule is CCN(CCNc1ncccc1N(CCN)S(=O)(=O)c1ccc(Cl)cc1)c1ccc(Cl)cc1. The highest BCUT2D eigenvalue weighted by atomic mass is 35.5. The lowest BCUT2D eigenvalue weighted by Crippen LogP contribution is -2.36. The van der Waals surface area contributed by atoms with Gasteiger partial charge in [0.15, 0.2) is 5.82 Å². The van der Waals surface area contributed by atoms with Crippen molar-refractivity contribution in [2.24, 2.45) is 5.73 Å². The van der Waals surface area contributed by atoms with Crippen molar-refractivity contribution in [1.82, 2.24) is 4.98 Å². The van der Waals surface area contributed by atoms with E-state index in [1.807, 2.05) is 24.3 Å². The molecule has 0 aliphatic heterocycles. The van der Waals surface area contributed by atoms with Crippen LogP contribution in [0.5, 0.6) is 0 Å². The number of nitrogens with two attached hydrogens (primary N) is 1. The van der Waals surface area contributed by atoms with Gasteiger partial charge < -0.3 is 16.0 Å². The molecule has 0 amide bonds. The molecule has 3 N–H and O–H groups in total. The average Bonchev–Trinajstić information content (AvgIpc) is 2.82. The third-order valence-electron chi connectivity index (χ3n) is 5.04. The maximum atomic E-state index is 13.4. The van der Waals surface area contributed by atoms with Crippen molar-refractivity contribution in [3.05, 3.63) is 76.9 Å². The highest BCUT2D eigenvalue weighted by Crippen LogP contribution is 2.29. The molecular weight excluding hydrogens is 481 g/mol. The zero-order valence-electron chi connectivity index (χ0n) is 18.3. The van der Waals surface area contributed by atoms with Crippen molar-refractivity contribution in [2.45, 2.75) is 11.8 Å². The minimum absolute atomic E-state index is 0.108. The zero-order valence-corrected chi connectivity index (χ0v) is 20.6. The number of likely N-dealkylation sites (N-methyl/N-ethyl adjacent to an activating group) is 1. The fraction of sp³-hybridized carbons (Fsp3) is 0.261. The summed E-state index contributed by atoms with van der Waals surface area (Å²) in [4.78, 5) is 6.72. The predicted octanol–water partition coefficient (Wildman–Crippen LogP) is 4.48. The Morgan fingerprint density at radius 3 is 2.21 bits per heavy atom. The number of nitrogens with zero attached hydrogens (tertiary/aromatic N) is 3. The molecule has 0 fully saturated rings. The number of pyridine rings is 1. The van der Waals surface area contributed by atoms with Gasteiger partial charge in [0.25, 0.3) is 10.0 Å². The Labute approximate surface area is 205 Å². The maximum Gasteiger partial charge on any atom is 0.264 e. The Kier molecular flexibility index (Phi) is 8.80. The minimum atomic E-state index is -3.86. The van der Waals surface area contributed by atoms with E-state index in [4.69, 9.17) is 28.9 Å². The van der Waals surface area contributed by atoms with E-state index >= 15 is 0 Å². The normalized spacial score (nSPS) is 11.3. The van der Waals surface area contributed by atoms with E-state index in [1.54, 1.807) is 30.5 Å². The fourth-order valence-corrected chi connectivity index (χ4v) is 5.12. The van der Waals surface area contributed by atoms with E-state index in [-0.39, 0.29) is 18.0 Å². The topological polar surface area (TPSA) is 91.6 Å². The summed E-state index contributed by atoms with van der Waals surface area (Å²) in [5.41, 5.74) is 7.26. The van der Waals surface area contributed by atoms with Crippen molar-refractivity contribution in [3.8, 4) is 0 Å². The molecule has 0 saturated carbocycles. The molecule has 0 saturated heterocycles. The molecule has 3 rings (SSSR count). The Morgan fingerprint density at radius 2 is 1.61 bits per heavy atom. The summed E-state index contributed by atoms with van der Waals surface area (Å²) >= 11 is 11.9. The van der Waals surface area contributed by atoms with Gasteiger partial charge in [-0.3, -0.25) is 4.31 Å². The number of hydrogen-bond donors (Lipinski definition) is 2. The highest BCUT2D eigenvalue weighted by Gasteiger charge is 2.26. The van der Waals surface area contributed by atoms with Crippen LogP contribution in [-0.4, -0.2) is 46.1 Å². The predicted molar refractivity (Wildman–Crippen MR) is 137 cm³/mol. The van der Waals surface area contributed by atoms with Gasteiger partial charge in [-0.05, 0) is 67.6 Å². The van der Waals surface area contributed by atoms with E-state index in [9.17, 15) is 8.42 Å². The molecule has 0 spiro atoms. The van der Waals surface area contributed by atoms with Crippen LogP contribution in [-0.2, 0) is 10.0 Å². The molecule has 1 aromatic heterocycles. The highest BCUT2D eigenvalue weighted by molar-refractivity contribution is 7.92. The van der Waals surface area contributed by atoms with Crippen LogP contribution in [0.2, 0.25) is 10.0 Å². The summed E-state index contributed by atoms with van der Waals surface area (Å²) < 4.78 is 28.0. The standard InChI is InChI=1S/C23H27Cl2N5O2S/c1-2-29(20-9-5-18(24)6-10-20)17-15-28-23-22(4-3-14-27-23)30(16-13-26)33(31,32)21-11-7-19(25)8-12-21/h3-12,14H,2,13,15-17,26H2,1H3,(H,27,28). The maximum absolute atomic E-state index is 13.4. The largest absolute Gasteiger partial charge is 0.370 e. The fourth-order valence-electron chi connectivity index (χ4n) is 3.39. The summed E-state index contributed by atoms with van der Waals surface area (Å²) in [5, 5.41) is 4.43. The number of hydrogen-bond acceptors (Lipinski definition) is 6. The molecular formula is C23H27Cl2N5O2S. The van der Waals surface area contributed by atoms with Gasteiger partial charge >= 0.3 is 0 Å². The Morgan fingerprint density at radius 1 is 0.970 bits per heavy atom. The van der Waals surface area contributed by atoms with E-state index < -0.39 is 10.0 Å². The second-order valence-corrected chi connectivity index (χ2v) is 9.91. The molecule has 33 heavy (non-hydrogen) atoms. The molecule has 1 heterocycles. The van der Waals surface area contributed by atoms with Gasteiger partial charge in [0.1, 0.15) is 0 Å². The quantitative estimate of drug-likeness (QED) is 0.397. The van der Waals surface area contributed by atoms with Gasteiger partial charge in [-0.2, -0.15) is 0 Å². The Balaban J connectivity index is 1.81. The van der Waals surface area contributed by atoms with Crippen LogP contribution in [0.3, 0.4) is 0 Å². The van der Waals surface area contributed by atoms with Crippen LogP contribution in [0, 0.1) is 0 Å². The number of benzene rings is 2. The number of aromatic nitrogens is 1. The lowest BCUT2D eigenvalue weighted by atomic mass is 10.3. The summed E-state index contributed by atoms with van der Waals surface area (Å²) in [7, 11) is -3.86. The molecule has 3 aromatic rings. The third-order valence-corrected chi connectivity index (χ3v) is 7.37. The van der Waals surface area contributed by atoms with Crippen molar-refractivity contribution in [1.29, 1.82) is 0 Å². The lowest BCUT2D eigenvalue weighted by Gasteiger charge is -2.27. The first-order valence-corrected chi connectivity index (χ1v) is 12.7. The van der Waals surface area contributed by atoms with Crippen molar-refractivity contribution >= 4 is 50.4 Å². The molecule has 0 bridgehead atoms. The number of halogens is 2. The monoisotopic (exact) mass is 507 g/mol. The number of anilines is 3. The van der Waals surface area contributed by atoms with Crippen LogP contribution in [0.1, 0.15) is 6.92 Å². The molecule has 0 aliphatic rings. The number of nitrogens with one attached hydrogen (secondary N) is 1. The van der Waals surface area contributed by atoms with Crippen LogP contribution in [0.15, 0.2) is 71.8 Å². The van der Waals surface area contributed by atoms with Crippen molar-refractivity contribution in [3.63, 3.8) is 0 Å². The van der Waals surface area contributed by atoms with E-state index in [1.165, 1.54) is 16.4 Å². The molecule has 176 valence electrons. The average molecular weight is 508 g/mol. The molecule has 0 radical (unpaired) electrons. The summed E-state index contributed by atoms with van der Waals surface area (Å²) in [6.45, 7) is 4.39. The molecule has 0 atom stereocenters. The first-order valence-electron chi connectivity index (χ1n) is 10.5. The van der Waals surface area contributed by atoms with Gasteiger partial charge in [0.2, 0.25) is 0 Å². The van der Waals surface area contributed by atoms with Crippen LogP contribution in [0.4, 0.5) is 17.2 Å². The molecule has 2 aromatic carbocycles. The third kappa shape index (κ3) is 6.29. The van der Waals surface area contributed by atoms with Gasteiger partial charge in [-0.25, -0.2) is 13.4 Å². The van der Waals surface area contributed by atoms with Gasteiger partial charge in [-0.1, -0.05) is 23.2 Å². The lowest BCUT2D eigenvalue weighted by molar-refractivity contribution is 0.591. The first kappa shape index (κ1) is 25.1. The number of sulfonamides is 1. The second kappa shape index (κ2) is 11.6. The molecule has 10 heteroatoms. The van der Waals surface area contributed by atoms with E-state index in [2.05, 4.69) is 22.1 Å². The van der Waals surface area contributed by atoms with E-state index in [0.717, 1.165) is 12.2 Å². The zero-order chi connectivity index (χ0) is 23.8. The summed E-state index contributed by atoms with van der Waals surface area (Å²) in [6.07, 6.45) is 1.62. The van der Waals surface area contributed by atoms with Gasteiger partial charge in [0.05, 0.1) is 10.6 Å². The Hall–Kier alpha value is -2.52. The second-order valence-electron chi connectivity index (χ2n) is 7.17. The molecule has 0 unspecified atom stereocenters. The van der Waals surface area contributed by atoms with Crippen molar-refractivity contribution < 1.29 is 8.42 Å². The first-order chi connectivity index (χ1) is 15.9. The summed E-state index contributed by atoms with van der Waals surface area (Å²) in [6, 6.07) is 17.1.